The van der Waals surface area contributed by atoms with Crippen LogP contribution in [0, 0.1) is 0 Å². The number of anilines is 2. The van der Waals surface area contributed by atoms with Crippen LogP contribution in [0.3, 0.4) is 0 Å². The summed E-state index contributed by atoms with van der Waals surface area (Å²) in [6.45, 7) is 0. The van der Waals surface area contributed by atoms with Crippen molar-refractivity contribution in [2.75, 3.05) is 10.6 Å². The van der Waals surface area contributed by atoms with Crippen LogP contribution >= 0.6 is 46.4 Å². The van der Waals surface area contributed by atoms with Crippen molar-refractivity contribution in [2.45, 2.75) is 0 Å². The molecule has 0 atom stereocenters. The Morgan fingerprint density at radius 1 is 0.818 bits per heavy atom. The van der Waals surface area contributed by atoms with E-state index < -0.39 is 11.8 Å². The topological polar surface area (TPSA) is 63.4 Å². The lowest BCUT2D eigenvalue weighted by atomic mass is 10.1. The van der Waals surface area contributed by atoms with E-state index in [4.69, 9.17) is 52.1 Å². The zero-order valence-corrected chi connectivity index (χ0v) is 13.7. The number of rotatable bonds is 1. The van der Waals surface area contributed by atoms with Crippen LogP contribution in [0.15, 0.2) is 24.3 Å². The van der Waals surface area contributed by atoms with Crippen molar-refractivity contribution in [1.29, 1.82) is 0 Å². The zero-order valence-electron chi connectivity index (χ0n) is 10.7. The largest absolute Gasteiger partial charge is 0.399 e. The highest BCUT2D eigenvalue weighted by molar-refractivity contribution is 6.56. The molecule has 1 aliphatic heterocycles. The predicted octanol–water partition coefficient (Wildman–Crippen LogP) is 4.68. The van der Waals surface area contributed by atoms with Crippen molar-refractivity contribution in [3.05, 3.63) is 55.5 Å². The molecule has 0 aliphatic carbocycles. The number of imide groups is 1. The number of nitrogens with two attached hydrogens (primary N) is 1. The molecule has 1 heterocycles. The Morgan fingerprint density at radius 2 is 1.32 bits per heavy atom. The van der Waals surface area contributed by atoms with Crippen LogP contribution in [0.5, 0.6) is 0 Å². The number of nitrogens with zero attached hydrogens (tertiary/aromatic N) is 1. The summed E-state index contributed by atoms with van der Waals surface area (Å²) in [5.41, 5.74) is 6.28. The van der Waals surface area contributed by atoms with Crippen molar-refractivity contribution in [2.24, 2.45) is 0 Å². The van der Waals surface area contributed by atoms with Gasteiger partial charge in [0.2, 0.25) is 0 Å². The van der Waals surface area contributed by atoms with E-state index in [0.29, 0.717) is 11.4 Å². The van der Waals surface area contributed by atoms with Crippen molar-refractivity contribution in [3.8, 4) is 0 Å². The molecule has 3 rings (SSSR count). The van der Waals surface area contributed by atoms with Gasteiger partial charge in [0.05, 0.1) is 36.9 Å². The molecule has 2 amide bonds. The van der Waals surface area contributed by atoms with Crippen molar-refractivity contribution >= 4 is 69.6 Å². The first-order chi connectivity index (χ1) is 10.3. The Hall–Kier alpha value is -1.46. The third kappa shape index (κ3) is 2.07. The number of amides is 2. The molecule has 2 aromatic carbocycles. The average Bonchev–Trinajstić information content (AvgIpc) is 2.74. The maximum absolute atomic E-state index is 12.6. The first kappa shape index (κ1) is 15.4. The molecule has 0 aromatic heterocycles. The minimum atomic E-state index is -0.629. The Kier molecular flexibility index (Phi) is 3.73. The van der Waals surface area contributed by atoms with Crippen molar-refractivity contribution in [1.82, 2.24) is 0 Å². The standard InChI is InChI=1S/C14H6Cl4N2O2/c15-9-7-8(10(16)12(18)11(9)17)14(22)20(13(7)21)6-3-1-2-5(19)4-6/h1-4H,19H2. The Bertz CT molecular complexity index is 804. The summed E-state index contributed by atoms with van der Waals surface area (Å²) in [5, 5.41) is -0.336. The lowest BCUT2D eigenvalue weighted by Crippen LogP contribution is -2.29. The highest BCUT2D eigenvalue weighted by Crippen LogP contribution is 2.45. The molecule has 1 aliphatic rings. The molecule has 0 saturated carbocycles. The normalized spacial score (nSPS) is 13.7. The number of carbonyl (C=O) groups is 2. The van der Waals surface area contributed by atoms with E-state index in [-0.39, 0.29) is 31.2 Å². The van der Waals surface area contributed by atoms with Crippen LogP contribution in [0.4, 0.5) is 11.4 Å². The minimum Gasteiger partial charge on any atom is -0.399 e. The number of nitrogen functional groups attached to an aromatic ring is 1. The first-order valence-electron chi connectivity index (χ1n) is 5.95. The van der Waals surface area contributed by atoms with Gasteiger partial charge >= 0.3 is 0 Å². The molecule has 0 bridgehead atoms. The monoisotopic (exact) mass is 374 g/mol. The number of hydrogen-bond donors (Lipinski definition) is 1. The van der Waals surface area contributed by atoms with Crippen LogP contribution in [-0.4, -0.2) is 11.8 Å². The number of benzene rings is 2. The van der Waals surface area contributed by atoms with E-state index in [9.17, 15) is 9.59 Å². The third-order valence-electron chi connectivity index (χ3n) is 3.23. The summed E-state index contributed by atoms with van der Waals surface area (Å²) in [7, 11) is 0. The molecule has 22 heavy (non-hydrogen) atoms. The summed E-state index contributed by atoms with van der Waals surface area (Å²) in [4.78, 5) is 26.1. The van der Waals surface area contributed by atoms with E-state index in [1.807, 2.05) is 0 Å². The molecule has 0 radical (unpaired) electrons. The fraction of sp³-hybridized carbons (Fsp3) is 0. The number of carbonyl (C=O) groups excluding carboxylic acids is 2. The maximum atomic E-state index is 12.6. The number of fused-ring (bicyclic) bond motifs is 1. The summed E-state index contributed by atoms with van der Waals surface area (Å²) in [5.74, 6) is -1.26. The quantitative estimate of drug-likeness (QED) is 0.340. The molecule has 2 aromatic rings. The van der Waals surface area contributed by atoms with Gasteiger partial charge in [-0.25, -0.2) is 4.90 Å². The molecule has 2 N–H and O–H groups in total. The van der Waals surface area contributed by atoms with Gasteiger partial charge in [-0.1, -0.05) is 52.5 Å². The zero-order chi connectivity index (χ0) is 16.2. The lowest BCUT2D eigenvalue weighted by molar-refractivity contribution is 0.0926. The van der Waals surface area contributed by atoms with Crippen molar-refractivity contribution < 1.29 is 9.59 Å². The van der Waals surface area contributed by atoms with E-state index in [0.717, 1.165) is 4.90 Å². The number of hydrogen-bond acceptors (Lipinski definition) is 3. The molecular weight excluding hydrogens is 370 g/mol. The van der Waals surface area contributed by atoms with Gasteiger partial charge in [-0.15, -0.1) is 0 Å². The predicted molar refractivity (Wildman–Crippen MR) is 88.5 cm³/mol. The summed E-state index contributed by atoms with van der Waals surface area (Å²) < 4.78 is 0. The van der Waals surface area contributed by atoms with Gasteiger partial charge in [0.15, 0.2) is 0 Å². The van der Waals surface area contributed by atoms with Crippen LogP contribution in [0.25, 0.3) is 0 Å². The maximum Gasteiger partial charge on any atom is 0.267 e. The molecule has 4 nitrogen and oxygen atoms in total. The van der Waals surface area contributed by atoms with E-state index >= 15 is 0 Å². The van der Waals surface area contributed by atoms with Crippen molar-refractivity contribution in [3.63, 3.8) is 0 Å². The molecule has 112 valence electrons. The van der Waals surface area contributed by atoms with Crippen LogP contribution in [0.1, 0.15) is 20.7 Å². The Morgan fingerprint density at radius 3 is 1.77 bits per heavy atom. The molecule has 0 saturated heterocycles. The van der Waals surface area contributed by atoms with Gasteiger partial charge in [-0.3, -0.25) is 9.59 Å². The van der Waals surface area contributed by atoms with Gasteiger partial charge < -0.3 is 5.73 Å². The van der Waals surface area contributed by atoms with Gasteiger partial charge in [-0.05, 0) is 18.2 Å². The smallest absolute Gasteiger partial charge is 0.267 e. The van der Waals surface area contributed by atoms with Gasteiger partial charge in [0.1, 0.15) is 0 Å². The summed E-state index contributed by atoms with van der Waals surface area (Å²) in [6, 6.07) is 6.32. The second kappa shape index (κ2) is 5.32. The average molecular weight is 376 g/mol. The van der Waals surface area contributed by atoms with Gasteiger partial charge in [0, 0.05) is 5.69 Å². The Balaban J connectivity index is 2.26. The Labute approximate surface area is 145 Å². The first-order valence-corrected chi connectivity index (χ1v) is 7.46. The van der Waals surface area contributed by atoms with E-state index in [1.54, 1.807) is 18.2 Å². The summed E-state index contributed by atoms with van der Waals surface area (Å²) >= 11 is 24.0. The van der Waals surface area contributed by atoms with E-state index in [1.165, 1.54) is 6.07 Å². The molecule has 0 spiro atoms. The summed E-state index contributed by atoms with van der Waals surface area (Å²) in [6.07, 6.45) is 0. The molecule has 8 heteroatoms. The molecule has 0 unspecified atom stereocenters. The fourth-order valence-corrected chi connectivity index (χ4v) is 3.26. The second-order valence-electron chi connectivity index (χ2n) is 4.55. The highest BCUT2D eigenvalue weighted by Gasteiger charge is 2.42. The number of halogens is 4. The van der Waals surface area contributed by atoms with Gasteiger partial charge in [-0.2, -0.15) is 0 Å². The third-order valence-corrected chi connectivity index (χ3v) is 5.03. The van der Waals surface area contributed by atoms with Gasteiger partial charge in [0.25, 0.3) is 11.8 Å². The minimum absolute atomic E-state index is 0.0616. The van der Waals surface area contributed by atoms with Crippen LogP contribution in [0.2, 0.25) is 20.1 Å². The lowest BCUT2D eigenvalue weighted by Gasteiger charge is -2.14. The second-order valence-corrected chi connectivity index (χ2v) is 6.06. The SMILES string of the molecule is Nc1cccc(N2C(=O)c3c(Cl)c(Cl)c(Cl)c(Cl)c3C2=O)c1. The van der Waals surface area contributed by atoms with Crippen LogP contribution < -0.4 is 10.6 Å². The fourth-order valence-electron chi connectivity index (χ4n) is 2.25. The van der Waals surface area contributed by atoms with Crippen LogP contribution in [-0.2, 0) is 0 Å². The highest BCUT2D eigenvalue weighted by atomic mass is 35.5. The molecule has 0 fully saturated rings. The molecular formula is C14H6Cl4N2O2. The van der Waals surface area contributed by atoms with E-state index in [2.05, 4.69) is 0 Å².